The number of aliphatic carboxylic acids is 1. The summed E-state index contributed by atoms with van der Waals surface area (Å²) in [6.07, 6.45) is 2.60. The number of anilines is 1. The van der Waals surface area contributed by atoms with Crippen molar-refractivity contribution in [2.24, 2.45) is 0 Å². The first-order valence-corrected chi connectivity index (χ1v) is 11.4. The van der Waals surface area contributed by atoms with E-state index in [1.165, 1.54) is 17.2 Å². The highest BCUT2D eigenvalue weighted by Crippen LogP contribution is 2.44. The number of carboxylic acid groups (broad SMARTS) is 1. The summed E-state index contributed by atoms with van der Waals surface area (Å²) < 4.78 is 5.55. The molecular weight excluding hydrogens is 444 g/mol. The maximum absolute atomic E-state index is 12.4. The monoisotopic (exact) mass is 470 g/mol. The quantitative estimate of drug-likeness (QED) is 0.400. The maximum atomic E-state index is 12.4. The summed E-state index contributed by atoms with van der Waals surface area (Å²) in [6, 6.07) is 22.3. The highest BCUT2D eigenvalue weighted by Gasteiger charge is 2.29. The van der Waals surface area contributed by atoms with Gasteiger partial charge in [0.05, 0.1) is 0 Å². The van der Waals surface area contributed by atoms with Gasteiger partial charge in [0.1, 0.15) is 12.6 Å². The largest absolute Gasteiger partial charge is 0.480 e. The first kappa shape index (κ1) is 23.8. The molecule has 0 heterocycles. The molecule has 0 aliphatic heterocycles. The molecule has 178 valence electrons. The molecule has 0 saturated carbocycles. The average Bonchev–Trinajstić information content (AvgIpc) is 3.19. The Balaban J connectivity index is 1.32. The number of amides is 2. The maximum Gasteiger partial charge on any atom is 0.411 e. The molecule has 3 aromatic carbocycles. The van der Waals surface area contributed by atoms with E-state index in [4.69, 9.17) is 9.84 Å². The fourth-order valence-corrected chi connectivity index (χ4v) is 4.16. The molecule has 0 spiro atoms. The van der Waals surface area contributed by atoms with E-state index in [9.17, 15) is 14.4 Å². The van der Waals surface area contributed by atoms with Crippen LogP contribution in [-0.4, -0.2) is 35.7 Å². The molecule has 0 saturated heterocycles. The Kier molecular flexibility index (Phi) is 7.26. The van der Waals surface area contributed by atoms with Gasteiger partial charge in [-0.05, 0) is 52.4 Å². The SMILES string of the molecule is CC[C@@H](NC(=O)/C=C/c1ccc(NC(=O)OCC2c3ccccc3-c3ccccc32)cc1)C(=O)O. The zero-order chi connectivity index (χ0) is 24.8. The minimum atomic E-state index is -1.07. The predicted octanol–water partition coefficient (Wildman–Crippen LogP) is 5.04. The van der Waals surface area contributed by atoms with Crippen molar-refractivity contribution in [3.63, 3.8) is 0 Å². The van der Waals surface area contributed by atoms with E-state index in [2.05, 4.69) is 34.9 Å². The van der Waals surface area contributed by atoms with Crippen LogP contribution in [0.5, 0.6) is 0 Å². The number of fused-ring (bicyclic) bond motifs is 3. The Morgan fingerprint density at radius 3 is 2.11 bits per heavy atom. The molecule has 35 heavy (non-hydrogen) atoms. The standard InChI is InChI=1S/C28H26N2O5/c1-2-25(27(32)33)30-26(31)16-13-18-11-14-19(15-12-18)29-28(34)35-17-24-22-9-5-3-7-20(22)21-8-4-6-10-23(21)24/h3-16,24-25H,2,17H2,1H3,(H,29,34)(H,30,31)(H,32,33)/b16-13+/t25-/m1/s1. The number of carbonyl (C=O) groups is 3. The summed E-state index contributed by atoms with van der Waals surface area (Å²) in [5.41, 5.74) is 5.91. The second kappa shape index (κ2) is 10.7. The van der Waals surface area contributed by atoms with Crippen LogP contribution < -0.4 is 10.6 Å². The first-order chi connectivity index (χ1) is 17.0. The summed E-state index contributed by atoms with van der Waals surface area (Å²) in [4.78, 5) is 35.3. The molecular formula is C28H26N2O5. The van der Waals surface area contributed by atoms with Crippen molar-refractivity contribution in [1.29, 1.82) is 0 Å². The topological polar surface area (TPSA) is 105 Å². The molecule has 0 unspecified atom stereocenters. The van der Waals surface area contributed by atoms with Crippen LogP contribution in [-0.2, 0) is 14.3 Å². The number of hydrogen-bond acceptors (Lipinski definition) is 4. The molecule has 7 heteroatoms. The highest BCUT2D eigenvalue weighted by molar-refractivity contribution is 5.94. The Bertz CT molecular complexity index is 1220. The van der Waals surface area contributed by atoms with Crippen molar-refractivity contribution in [3.8, 4) is 11.1 Å². The van der Waals surface area contributed by atoms with Crippen LogP contribution in [0.3, 0.4) is 0 Å². The first-order valence-electron chi connectivity index (χ1n) is 11.4. The van der Waals surface area contributed by atoms with Gasteiger partial charge in [0, 0.05) is 17.7 Å². The third-order valence-corrected chi connectivity index (χ3v) is 5.95. The van der Waals surface area contributed by atoms with Crippen LogP contribution in [0.25, 0.3) is 17.2 Å². The van der Waals surface area contributed by atoms with Gasteiger partial charge in [-0.2, -0.15) is 0 Å². The summed E-state index contributed by atoms with van der Waals surface area (Å²) in [5.74, 6) is -1.57. The molecule has 4 rings (SSSR count). The number of benzene rings is 3. The van der Waals surface area contributed by atoms with E-state index >= 15 is 0 Å². The van der Waals surface area contributed by atoms with Crippen molar-refractivity contribution >= 4 is 29.7 Å². The third-order valence-electron chi connectivity index (χ3n) is 5.95. The van der Waals surface area contributed by atoms with E-state index in [1.807, 2.05) is 24.3 Å². The number of nitrogens with one attached hydrogen (secondary N) is 2. The molecule has 0 aromatic heterocycles. The van der Waals surface area contributed by atoms with Gasteiger partial charge >= 0.3 is 12.1 Å². The number of carbonyl (C=O) groups excluding carboxylic acids is 2. The molecule has 0 fully saturated rings. The zero-order valence-electron chi connectivity index (χ0n) is 19.2. The van der Waals surface area contributed by atoms with Gasteiger partial charge in [-0.25, -0.2) is 9.59 Å². The second-order valence-corrected chi connectivity index (χ2v) is 8.21. The molecule has 1 aliphatic rings. The van der Waals surface area contributed by atoms with E-state index in [0.717, 1.165) is 16.7 Å². The fourth-order valence-electron chi connectivity index (χ4n) is 4.16. The van der Waals surface area contributed by atoms with E-state index in [-0.39, 0.29) is 12.5 Å². The van der Waals surface area contributed by atoms with Gasteiger partial charge in [-0.3, -0.25) is 10.1 Å². The average molecular weight is 471 g/mol. The Morgan fingerprint density at radius 2 is 1.54 bits per heavy atom. The molecule has 0 radical (unpaired) electrons. The van der Waals surface area contributed by atoms with E-state index in [0.29, 0.717) is 12.1 Å². The van der Waals surface area contributed by atoms with Crippen LogP contribution >= 0.6 is 0 Å². The van der Waals surface area contributed by atoms with E-state index in [1.54, 1.807) is 37.3 Å². The van der Waals surface area contributed by atoms with E-state index < -0.39 is 24.0 Å². The van der Waals surface area contributed by atoms with Gasteiger partial charge in [0.15, 0.2) is 0 Å². The fraction of sp³-hybridized carbons (Fsp3) is 0.179. The summed E-state index contributed by atoms with van der Waals surface area (Å²) in [7, 11) is 0. The second-order valence-electron chi connectivity index (χ2n) is 8.21. The molecule has 1 aliphatic carbocycles. The normalized spacial score (nSPS) is 13.1. The lowest BCUT2D eigenvalue weighted by atomic mass is 9.98. The number of ether oxygens (including phenoxy) is 1. The molecule has 1 atom stereocenters. The van der Waals surface area contributed by atoms with Crippen LogP contribution in [0.4, 0.5) is 10.5 Å². The molecule has 2 amide bonds. The minimum Gasteiger partial charge on any atom is -0.480 e. The zero-order valence-corrected chi connectivity index (χ0v) is 19.2. The Labute approximate surface area is 203 Å². The molecule has 0 bridgehead atoms. The van der Waals surface area contributed by atoms with Gasteiger partial charge in [0.2, 0.25) is 5.91 Å². The number of carboxylic acids is 1. The lowest BCUT2D eigenvalue weighted by Gasteiger charge is -2.14. The smallest absolute Gasteiger partial charge is 0.411 e. The van der Waals surface area contributed by atoms with Gasteiger partial charge in [0.25, 0.3) is 0 Å². The van der Waals surface area contributed by atoms with Crippen molar-refractivity contribution in [2.45, 2.75) is 25.3 Å². The Hall–Kier alpha value is -4.39. The third kappa shape index (κ3) is 5.58. The van der Waals surface area contributed by atoms with Crippen LogP contribution in [0.15, 0.2) is 78.9 Å². The molecule has 3 N–H and O–H groups in total. The summed E-state index contributed by atoms with van der Waals surface area (Å²) in [5, 5.41) is 14.2. The van der Waals surface area contributed by atoms with Gasteiger partial charge in [-0.15, -0.1) is 0 Å². The van der Waals surface area contributed by atoms with Crippen molar-refractivity contribution in [1.82, 2.24) is 5.32 Å². The predicted molar refractivity (Wildman–Crippen MR) is 134 cm³/mol. The van der Waals surface area contributed by atoms with Crippen molar-refractivity contribution in [2.75, 3.05) is 11.9 Å². The lowest BCUT2D eigenvalue weighted by molar-refractivity contribution is -0.141. The minimum absolute atomic E-state index is 0.0137. The van der Waals surface area contributed by atoms with Crippen molar-refractivity contribution in [3.05, 3.63) is 95.6 Å². The molecule has 3 aromatic rings. The van der Waals surface area contributed by atoms with Crippen LogP contribution in [0, 0.1) is 0 Å². The lowest BCUT2D eigenvalue weighted by Crippen LogP contribution is -2.39. The summed E-state index contributed by atoms with van der Waals surface area (Å²) >= 11 is 0. The molecule has 7 nitrogen and oxygen atoms in total. The Morgan fingerprint density at radius 1 is 0.943 bits per heavy atom. The van der Waals surface area contributed by atoms with Crippen LogP contribution in [0.1, 0.15) is 36.0 Å². The number of rotatable bonds is 8. The van der Waals surface area contributed by atoms with Gasteiger partial charge < -0.3 is 15.2 Å². The van der Waals surface area contributed by atoms with Crippen LogP contribution in [0.2, 0.25) is 0 Å². The van der Waals surface area contributed by atoms with Crippen molar-refractivity contribution < 1.29 is 24.2 Å². The summed E-state index contributed by atoms with van der Waals surface area (Å²) in [6.45, 7) is 1.91. The number of hydrogen-bond donors (Lipinski definition) is 3. The van der Waals surface area contributed by atoms with Gasteiger partial charge in [-0.1, -0.05) is 67.6 Å². The highest BCUT2D eigenvalue weighted by atomic mass is 16.5.